The van der Waals surface area contributed by atoms with Crippen molar-refractivity contribution in [2.45, 2.75) is 12.8 Å². The lowest BCUT2D eigenvalue weighted by atomic mass is 10.1. The third-order valence-corrected chi connectivity index (χ3v) is 3.50. The van der Waals surface area contributed by atoms with Gasteiger partial charge in [-0.2, -0.15) is 0 Å². The van der Waals surface area contributed by atoms with Crippen LogP contribution in [0, 0.1) is 11.8 Å². The average molecular weight is 274 g/mol. The zero-order valence-corrected chi connectivity index (χ0v) is 11.7. The number of ether oxygens (including phenoxy) is 5. The first-order valence-electron chi connectivity index (χ1n) is 7.34. The molecule has 5 heteroatoms. The highest BCUT2D eigenvalue weighted by Gasteiger charge is 2.16. The van der Waals surface area contributed by atoms with Crippen LogP contribution >= 0.6 is 0 Å². The molecule has 0 bridgehead atoms. The molecule has 2 aliphatic heterocycles. The fourth-order valence-corrected chi connectivity index (χ4v) is 2.27. The summed E-state index contributed by atoms with van der Waals surface area (Å²) in [7, 11) is 0. The Labute approximate surface area is 115 Å². The Morgan fingerprint density at radius 1 is 0.684 bits per heavy atom. The van der Waals surface area contributed by atoms with Crippen LogP contribution in [0.2, 0.25) is 0 Å². The van der Waals surface area contributed by atoms with Crippen LogP contribution in [0.4, 0.5) is 0 Å². The minimum atomic E-state index is 0.581. The summed E-state index contributed by atoms with van der Waals surface area (Å²) in [5.41, 5.74) is 0. The third kappa shape index (κ3) is 6.68. The third-order valence-electron chi connectivity index (χ3n) is 3.50. The molecule has 19 heavy (non-hydrogen) atoms. The second-order valence-electron chi connectivity index (χ2n) is 5.22. The molecule has 2 heterocycles. The molecule has 0 N–H and O–H groups in total. The molecular weight excluding hydrogens is 248 g/mol. The molecule has 0 saturated carbocycles. The van der Waals surface area contributed by atoms with Gasteiger partial charge in [-0.1, -0.05) is 0 Å². The van der Waals surface area contributed by atoms with Crippen LogP contribution in [0.1, 0.15) is 12.8 Å². The van der Waals surface area contributed by atoms with Gasteiger partial charge in [-0.25, -0.2) is 0 Å². The minimum absolute atomic E-state index is 0.581. The van der Waals surface area contributed by atoms with E-state index in [1.165, 1.54) is 0 Å². The van der Waals surface area contributed by atoms with Gasteiger partial charge in [0.05, 0.1) is 52.9 Å². The van der Waals surface area contributed by atoms with E-state index in [0.717, 1.165) is 52.5 Å². The van der Waals surface area contributed by atoms with Crippen molar-refractivity contribution in [1.82, 2.24) is 0 Å². The van der Waals surface area contributed by atoms with E-state index < -0.39 is 0 Å². The molecule has 0 radical (unpaired) electrons. The molecule has 2 saturated heterocycles. The van der Waals surface area contributed by atoms with Gasteiger partial charge in [-0.05, 0) is 12.8 Å². The van der Waals surface area contributed by atoms with Crippen molar-refractivity contribution in [2.24, 2.45) is 11.8 Å². The molecule has 2 atom stereocenters. The molecular formula is C14H26O5. The van der Waals surface area contributed by atoms with E-state index in [2.05, 4.69) is 0 Å². The summed E-state index contributed by atoms with van der Waals surface area (Å²) in [5.74, 6) is 1.16. The van der Waals surface area contributed by atoms with E-state index in [4.69, 9.17) is 23.7 Å². The number of hydrogen-bond acceptors (Lipinski definition) is 5. The summed E-state index contributed by atoms with van der Waals surface area (Å²) >= 11 is 0. The summed E-state index contributed by atoms with van der Waals surface area (Å²) in [6, 6.07) is 0. The van der Waals surface area contributed by atoms with Crippen LogP contribution in [-0.2, 0) is 23.7 Å². The molecule has 2 aliphatic rings. The number of rotatable bonds is 10. The minimum Gasteiger partial charge on any atom is -0.381 e. The van der Waals surface area contributed by atoms with Gasteiger partial charge in [0.15, 0.2) is 0 Å². The number of hydrogen-bond donors (Lipinski definition) is 0. The van der Waals surface area contributed by atoms with Crippen LogP contribution in [0.15, 0.2) is 0 Å². The molecule has 2 unspecified atom stereocenters. The summed E-state index contributed by atoms with van der Waals surface area (Å²) in [4.78, 5) is 0. The molecule has 0 aliphatic carbocycles. The molecule has 2 rings (SSSR count). The predicted molar refractivity (Wildman–Crippen MR) is 70.3 cm³/mol. The van der Waals surface area contributed by atoms with Crippen LogP contribution < -0.4 is 0 Å². The van der Waals surface area contributed by atoms with Crippen LogP contribution in [0.3, 0.4) is 0 Å². The average Bonchev–Trinajstić information content (AvgIpc) is 3.10. The first kappa shape index (κ1) is 15.2. The smallest absolute Gasteiger partial charge is 0.0701 e. The van der Waals surface area contributed by atoms with E-state index in [0.29, 0.717) is 38.3 Å². The van der Waals surface area contributed by atoms with Crippen LogP contribution in [-0.4, -0.2) is 66.1 Å². The molecule has 0 aromatic heterocycles. The molecule has 0 spiro atoms. The quantitative estimate of drug-likeness (QED) is 0.558. The zero-order chi connectivity index (χ0) is 13.2. The van der Waals surface area contributed by atoms with Crippen molar-refractivity contribution in [3.63, 3.8) is 0 Å². The second-order valence-corrected chi connectivity index (χ2v) is 5.22. The van der Waals surface area contributed by atoms with Crippen molar-refractivity contribution >= 4 is 0 Å². The van der Waals surface area contributed by atoms with E-state index in [9.17, 15) is 0 Å². The van der Waals surface area contributed by atoms with Gasteiger partial charge < -0.3 is 23.7 Å². The van der Waals surface area contributed by atoms with Crippen LogP contribution in [0.5, 0.6) is 0 Å². The summed E-state index contributed by atoms with van der Waals surface area (Å²) in [5, 5.41) is 0. The van der Waals surface area contributed by atoms with Gasteiger partial charge in [0, 0.05) is 25.0 Å². The van der Waals surface area contributed by atoms with Crippen molar-refractivity contribution in [3.05, 3.63) is 0 Å². The fraction of sp³-hybridized carbons (Fsp3) is 1.00. The lowest BCUT2D eigenvalue weighted by Crippen LogP contribution is -2.15. The monoisotopic (exact) mass is 274 g/mol. The van der Waals surface area contributed by atoms with Gasteiger partial charge in [0.2, 0.25) is 0 Å². The Balaban J connectivity index is 1.28. The highest BCUT2D eigenvalue weighted by molar-refractivity contribution is 4.63. The Morgan fingerprint density at radius 2 is 1.16 bits per heavy atom. The fourth-order valence-electron chi connectivity index (χ4n) is 2.27. The highest BCUT2D eigenvalue weighted by Crippen LogP contribution is 2.12. The Kier molecular flexibility index (Phi) is 7.73. The topological polar surface area (TPSA) is 46.2 Å². The molecule has 112 valence electrons. The van der Waals surface area contributed by atoms with E-state index >= 15 is 0 Å². The molecule has 0 aromatic carbocycles. The van der Waals surface area contributed by atoms with E-state index in [1.54, 1.807) is 0 Å². The summed E-state index contributed by atoms with van der Waals surface area (Å²) in [6.07, 6.45) is 2.25. The van der Waals surface area contributed by atoms with Gasteiger partial charge >= 0.3 is 0 Å². The SMILES string of the molecule is C(COCC1CCOC1)OCCOCC1CCOC1. The molecule has 5 nitrogen and oxygen atoms in total. The Hall–Kier alpha value is -0.200. The van der Waals surface area contributed by atoms with E-state index in [1.807, 2.05) is 0 Å². The highest BCUT2D eigenvalue weighted by atomic mass is 16.5. The maximum atomic E-state index is 5.54. The summed E-state index contributed by atoms with van der Waals surface area (Å²) in [6.45, 7) is 7.65. The largest absolute Gasteiger partial charge is 0.381 e. The maximum absolute atomic E-state index is 5.54. The van der Waals surface area contributed by atoms with E-state index in [-0.39, 0.29) is 0 Å². The van der Waals surface area contributed by atoms with Gasteiger partial charge in [0.25, 0.3) is 0 Å². The molecule has 0 aromatic rings. The maximum Gasteiger partial charge on any atom is 0.0701 e. The van der Waals surface area contributed by atoms with Crippen LogP contribution in [0.25, 0.3) is 0 Å². The predicted octanol–water partition coefficient (Wildman–Crippen LogP) is 1.11. The normalized spacial score (nSPS) is 27.2. The van der Waals surface area contributed by atoms with Gasteiger partial charge in [-0.15, -0.1) is 0 Å². The Bertz CT molecular complexity index is 190. The van der Waals surface area contributed by atoms with Crippen molar-refractivity contribution in [3.8, 4) is 0 Å². The molecule has 0 amide bonds. The van der Waals surface area contributed by atoms with Gasteiger partial charge in [0.1, 0.15) is 0 Å². The van der Waals surface area contributed by atoms with Gasteiger partial charge in [-0.3, -0.25) is 0 Å². The standard InChI is InChI=1S/C14H26O5/c1-3-16-9-13(1)11-18-7-5-15-6-8-19-12-14-2-4-17-10-14/h13-14H,1-12H2. The van der Waals surface area contributed by atoms with Crippen molar-refractivity contribution in [2.75, 3.05) is 66.1 Å². The van der Waals surface area contributed by atoms with Crippen molar-refractivity contribution < 1.29 is 23.7 Å². The summed E-state index contributed by atoms with van der Waals surface area (Å²) < 4.78 is 27.1. The first-order chi connectivity index (χ1) is 9.45. The lowest BCUT2D eigenvalue weighted by Gasteiger charge is -2.10. The van der Waals surface area contributed by atoms with Crippen molar-refractivity contribution in [1.29, 1.82) is 0 Å². The zero-order valence-electron chi connectivity index (χ0n) is 11.7. The lowest BCUT2D eigenvalue weighted by molar-refractivity contribution is 0.000262. The molecule has 2 fully saturated rings. The second kappa shape index (κ2) is 9.66. The Morgan fingerprint density at radius 3 is 1.58 bits per heavy atom. The first-order valence-corrected chi connectivity index (χ1v) is 7.34.